The highest BCUT2D eigenvalue weighted by Crippen LogP contribution is 1.96. The van der Waals surface area contributed by atoms with Gasteiger partial charge in [-0.2, -0.15) is 0 Å². The SMILES string of the molecule is Cn1cnc(C[C@H](N)CN)c1. The lowest BCUT2D eigenvalue weighted by Gasteiger charge is -2.04. The van der Waals surface area contributed by atoms with Gasteiger partial charge in [0, 0.05) is 32.3 Å². The van der Waals surface area contributed by atoms with Crippen LogP contribution >= 0.6 is 0 Å². The minimum absolute atomic E-state index is 0.0323. The first-order chi connectivity index (χ1) is 5.22. The number of rotatable bonds is 3. The summed E-state index contributed by atoms with van der Waals surface area (Å²) in [6.45, 7) is 0.510. The van der Waals surface area contributed by atoms with Crippen LogP contribution in [0, 0.1) is 0 Å². The molecule has 62 valence electrons. The molecule has 1 atom stereocenters. The second kappa shape index (κ2) is 3.50. The summed E-state index contributed by atoms with van der Waals surface area (Å²) >= 11 is 0. The molecule has 1 aromatic rings. The standard InChI is InChI=1S/C7H14N4/c1-11-4-7(10-5-11)2-6(9)3-8/h4-6H,2-3,8-9H2,1H3/t6-/m0/s1. The van der Waals surface area contributed by atoms with E-state index < -0.39 is 0 Å². The highest BCUT2D eigenvalue weighted by atomic mass is 15.0. The molecule has 0 saturated carbocycles. The molecular formula is C7H14N4. The Morgan fingerprint density at radius 1 is 1.73 bits per heavy atom. The van der Waals surface area contributed by atoms with Gasteiger partial charge in [0.2, 0.25) is 0 Å². The lowest BCUT2D eigenvalue weighted by molar-refractivity contribution is 0.669. The number of aromatic nitrogens is 2. The van der Waals surface area contributed by atoms with Crippen LogP contribution in [-0.4, -0.2) is 22.1 Å². The topological polar surface area (TPSA) is 69.9 Å². The Hall–Kier alpha value is -0.870. The maximum absolute atomic E-state index is 5.64. The molecule has 4 nitrogen and oxygen atoms in total. The third-order valence-corrected chi connectivity index (χ3v) is 1.53. The molecule has 0 aromatic carbocycles. The van der Waals surface area contributed by atoms with E-state index in [-0.39, 0.29) is 6.04 Å². The summed E-state index contributed by atoms with van der Waals surface area (Å²) in [6, 6.07) is 0.0323. The molecule has 1 aromatic heterocycles. The van der Waals surface area contributed by atoms with Crippen molar-refractivity contribution >= 4 is 0 Å². The van der Waals surface area contributed by atoms with E-state index in [4.69, 9.17) is 11.5 Å². The maximum atomic E-state index is 5.64. The summed E-state index contributed by atoms with van der Waals surface area (Å²) in [5, 5.41) is 0. The predicted molar refractivity (Wildman–Crippen MR) is 43.9 cm³/mol. The lowest BCUT2D eigenvalue weighted by Crippen LogP contribution is -2.31. The molecule has 0 radical (unpaired) electrons. The molecule has 0 bridgehead atoms. The van der Waals surface area contributed by atoms with Crippen molar-refractivity contribution in [2.45, 2.75) is 12.5 Å². The molecule has 0 saturated heterocycles. The summed E-state index contributed by atoms with van der Waals surface area (Å²) < 4.78 is 1.90. The Labute approximate surface area is 66.2 Å². The van der Waals surface area contributed by atoms with Crippen molar-refractivity contribution < 1.29 is 0 Å². The molecule has 4 N–H and O–H groups in total. The van der Waals surface area contributed by atoms with E-state index >= 15 is 0 Å². The average Bonchev–Trinajstić information content (AvgIpc) is 2.35. The van der Waals surface area contributed by atoms with Crippen LogP contribution < -0.4 is 11.5 Å². The van der Waals surface area contributed by atoms with Gasteiger partial charge >= 0.3 is 0 Å². The van der Waals surface area contributed by atoms with Gasteiger partial charge in [0.1, 0.15) is 0 Å². The minimum Gasteiger partial charge on any atom is -0.340 e. The van der Waals surface area contributed by atoms with Gasteiger partial charge in [-0.25, -0.2) is 4.98 Å². The Morgan fingerprint density at radius 3 is 2.91 bits per heavy atom. The first-order valence-electron chi connectivity index (χ1n) is 3.65. The Bertz CT molecular complexity index is 218. The molecule has 0 aliphatic rings. The van der Waals surface area contributed by atoms with E-state index in [0.717, 1.165) is 12.1 Å². The minimum atomic E-state index is 0.0323. The number of imidazole rings is 1. The smallest absolute Gasteiger partial charge is 0.0946 e. The molecule has 0 aliphatic heterocycles. The number of aryl methyl sites for hydroxylation is 1. The van der Waals surface area contributed by atoms with Crippen molar-refractivity contribution in [1.82, 2.24) is 9.55 Å². The molecule has 1 rings (SSSR count). The third-order valence-electron chi connectivity index (χ3n) is 1.53. The lowest BCUT2D eigenvalue weighted by atomic mass is 10.2. The summed E-state index contributed by atoms with van der Waals surface area (Å²) in [6.07, 6.45) is 4.48. The number of nitrogens with zero attached hydrogens (tertiary/aromatic N) is 2. The van der Waals surface area contributed by atoms with Crippen LogP contribution in [-0.2, 0) is 13.5 Å². The van der Waals surface area contributed by atoms with E-state index in [1.807, 2.05) is 17.8 Å². The van der Waals surface area contributed by atoms with E-state index in [1.54, 1.807) is 6.33 Å². The van der Waals surface area contributed by atoms with E-state index in [1.165, 1.54) is 0 Å². The van der Waals surface area contributed by atoms with Crippen LogP contribution in [0.25, 0.3) is 0 Å². The summed E-state index contributed by atoms with van der Waals surface area (Å²) in [5.74, 6) is 0. The largest absolute Gasteiger partial charge is 0.340 e. The van der Waals surface area contributed by atoms with Crippen LogP contribution in [0.1, 0.15) is 5.69 Å². The molecule has 11 heavy (non-hydrogen) atoms. The first kappa shape index (κ1) is 8.23. The van der Waals surface area contributed by atoms with Gasteiger partial charge in [-0.05, 0) is 0 Å². The molecule has 4 heteroatoms. The monoisotopic (exact) mass is 154 g/mol. The van der Waals surface area contributed by atoms with E-state index in [0.29, 0.717) is 6.54 Å². The van der Waals surface area contributed by atoms with Crippen molar-refractivity contribution in [3.63, 3.8) is 0 Å². The highest BCUT2D eigenvalue weighted by Gasteiger charge is 2.02. The second-order valence-electron chi connectivity index (χ2n) is 2.73. The van der Waals surface area contributed by atoms with Gasteiger partial charge in [-0.15, -0.1) is 0 Å². The fourth-order valence-electron chi connectivity index (χ4n) is 0.924. The highest BCUT2D eigenvalue weighted by molar-refractivity contribution is 4.98. The fourth-order valence-corrected chi connectivity index (χ4v) is 0.924. The Morgan fingerprint density at radius 2 is 2.45 bits per heavy atom. The molecule has 0 unspecified atom stereocenters. The Balaban J connectivity index is 2.50. The van der Waals surface area contributed by atoms with Crippen molar-refractivity contribution in [2.75, 3.05) is 6.54 Å². The fraction of sp³-hybridized carbons (Fsp3) is 0.571. The summed E-state index contributed by atoms with van der Waals surface area (Å²) in [5.41, 5.74) is 12.0. The zero-order valence-electron chi connectivity index (χ0n) is 6.70. The molecule has 0 amide bonds. The van der Waals surface area contributed by atoms with Gasteiger partial charge < -0.3 is 16.0 Å². The van der Waals surface area contributed by atoms with Crippen molar-refractivity contribution in [3.05, 3.63) is 18.2 Å². The first-order valence-corrected chi connectivity index (χ1v) is 3.65. The molecule has 1 heterocycles. The van der Waals surface area contributed by atoms with Gasteiger partial charge in [0.15, 0.2) is 0 Å². The predicted octanol–water partition coefficient (Wildman–Crippen LogP) is -0.751. The summed E-state index contributed by atoms with van der Waals surface area (Å²) in [7, 11) is 1.93. The molecule has 0 spiro atoms. The number of nitrogens with two attached hydrogens (primary N) is 2. The van der Waals surface area contributed by atoms with Gasteiger partial charge in [-0.3, -0.25) is 0 Å². The van der Waals surface area contributed by atoms with Gasteiger partial charge in [0.05, 0.1) is 12.0 Å². The van der Waals surface area contributed by atoms with Crippen LogP contribution in [0.5, 0.6) is 0 Å². The zero-order chi connectivity index (χ0) is 8.27. The quantitative estimate of drug-likeness (QED) is 0.601. The van der Waals surface area contributed by atoms with Crippen molar-refractivity contribution in [2.24, 2.45) is 18.5 Å². The van der Waals surface area contributed by atoms with Gasteiger partial charge in [-0.1, -0.05) is 0 Å². The van der Waals surface area contributed by atoms with Crippen LogP contribution in [0.3, 0.4) is 0 Å². The molecule has 0 fully saturated rings. The van der Waals surface area contributed by atoms with E-state index in [9.17, 15) is 0 Å². The maximum Gasteiger partial charge on any atom is 0.0946 e. The van der Waals surface area contributed by atoms with Crippen LogP contribution in [0.2, 0.25) is 0 Å². The number of hydrogen-bond donors (Lipinski definition) is 2. The van der Waals surface area contributed by atoms with E-state index in [2.05, 4.69) is 4.98 Å². The molecular weight excluding hydrogens is 140 g/mol. The van der Waals surface area contributed by atoms with Crippen molar-refractivity contribution in [3.8, 4) is 0 Å². The molecule has 0 aliphatic carbocycles. The van der Waals surface area contributed by atoms with Crippen LogP contribution in [0.4, 0.5) is 0 Å². The normalized spacial score (nSPS) is 13.4. The number of hydrogen-bond acceptors (Lipinski definition) is 3. The van der Waals surface area contributed by atoms with Gasteiger partial charge in [0.25, 0.3) is 0 Å². The zero-order valence-corrected chi connectivity index (χ0v) is 6.70. The third kappa shape index (κ3) is 2.32. The van der Waals surface area contributed by atoms with Crippen molar-refractivity contribution in [1.29, 1.82) is 0 Å². The average molecular weight is 154 g/mol. The summed E-state index contributed by atoms with van der Waals surface area (Å²) in [4.78, 5) is 4.13. The van der Waals surface area contributed by atoms with Crippen LogP contribution in [0.15, 0.2) is 12.5 Å². The Kier molecular flexibility index (Phi) is 2.62. The second-order valence-corrected chi connectivity index (χ2v) is 2.73.